The standard InChI is InChI=1S/C20H21BrN2O3/c1-4-11-26-19-12-15(9-10-18(19)25-3)13-22-20(24)23(2)14-16-7-5-6-8-17(16)21/h1,5-10,12H,11,13-14H2,2-3H3,(H,22,24). The van der Waals surface area contributed by atoms with Gasteiger partial charge in [0.1, 0.15) is 6.61 Å². The van der Waals surface area contributed by atoms with Crippen molar-refractivity contribution in [2.24, 2.45) is 0 Å². The van der Waals surface area contributed by atoms with E-state index in [1.807, 2.05) is 36.4 Å². The summed E-state index contributed by atoms with van der Waals surface area (Å²) in [7, 11) is 3.32. The average Bonchev–Trinajstić information content (AvgIpc) is 2.66. The predicted molar refractivity (Wildman–Crippen MR) is 105 cm³/mol. The molecule has 136 valence electrons. The van der Waals surface area contributed by atoms with Gasteiger partial charge in [-0.2, -0.15) is 0 Å². The van der Waals surface area contributed by atoms with Gasteiger partial charge in [-0.05, 0) is 29.3 Å². The van der Waals surface area contributed by atoms with Gasteiger partial charge in [-0.1, -0.05) is 46.1 Å². The molecular weight excluding hydrogens is 396 g/mol. The molecule has 0 atom stereocenters. The smallest absolute Gasteiger partial charge is 0.317 e. The van der Waals surface area contributed by atoms with Gasteiger partial charge < -0.3 is 19.7 Å². The van der Waals surface area contributed by atoms with Crippen LogP contribution in [0.1, 0.15) is 11.1 Å². The molecule has 0 fully saturated rings. The number of urea groups is 1. The minimum absolute atomic E-state index is 0.154. The Labute approximate surface area is 162 Å². The summed E-state index contributed by atoms with van der Waals surface area (Å²) in [4.78, 5) is 14.0. The van der Waals surface area contributed by atoms with Crippen molar-refractivity contribution in [1.29, 1.82) is 0 Å². The summed E-state index contributed by atoms with van der Waals surface area (Å²) in [5, 5.41) is 2.89. The van der Waals surface area contributed by atoms with Gasteiger partial charge in [0.05, 0.1) is 7.11 Å². The molecule has 2 aromatic rings. The summed E-state index contributed by atoms with van der Waals surface area (Å²) >= 11 is 3.49. The van der Waals surface area contributed by atoms with Crippen LogP contribution in [0.3, 0.4) is 0 Å². The summed E-state index contributed by atoms with van der Waals surface area (Å²) in [6.45, 7) is 1.03. The second-order valence-electron chi connectivity index (χ2n) is 5.58. The zero-order chi connectivity index (χ0) is 18.9. The largest absolute Gasteiger partial charge is 0.493 e. The number of amides is 2. The maximum absolute atomic E-state index is 12.3. The number of hydrogen-bond donors (Lipinski definition) is 1. The van der Waals surface area contributed by atoms with Gasteiger partial charge in [-0.3, -0.25) is 0 Å². The molecule has 2 amide bonds. The Balaban J connectivity index is 1.96. The van der Waals surface area contributed by atoms with Crippen molar-refractivity contribution >= 4 is 22.0 Å². The molecule has 0 saturated carbocycles. The van der Waals surface area contributed by atoms with Gasteiger partial charge in [0, 0.05) is 24.6 Å². The molecule has 0 aliphatic rings. The fraction of sp³-hybridized carbons (Fsp3) is 0.250. The van der Waals surface area contributed by atoms with E-state index in [-0.39, 0.29) is 12.6 Å². The number of benzene rings is 2. The van der Waals surface area contributed by atoms with Gasteiger partial charge in [-0.15, -0.1) is 6.42 Å². The molecule has 0 bridgehead atoms. The highest BCUT2D eigenvalue weighted by molar-refractivity contribution is 9.10. The van der Waals surface area contributed by atoms with E-state index < -0.39 is 0 Å². The number of nitrogens with zero attached hydrogens (tertiary/aromatic N) is 1. The fourth-order valence-corrected chi connectivity index (χ4v) is 2.74. The first-order valence-electron chi connectivity index (χ1n) is 8.00. The lowest BCUT2D eigenvalue weighted by atomic mass is 10.2. The second-order valence-corrected chi connectivity index (χ2v) is 6.44. The van der Waals surface area contributed by atoms with E-state index in [0.717, 1.165) is 15.6 Å². The van der Waals surface area contributed by atoms with Crippen LogP contribution in [0, 0.1) is 12.3 Å². The van der Waals surface area contributed by atoms with Crippen molar-refractivity contribution in [2.45, 2.75) is 13.1 Å². The molecule has 0 aliphatic heterocycles. The van der Waals surface area contributed by atoms with E-state index in [1.165, 1.54) is 0 Å². The molecule has 6 heteroatoms. The number of carbonyl (C=O) groups excluding carboxylic acids is 1. The minimum atomic E-state index is -0.164. The molecule has 0 saturated heterocycles. The van der Waals surface area contributed by atoms with E-state index in [0.29, 0.717) is 24.6 Å². The molecule has 0 heterocycles. The Morgan fingerprint density at radius 3 is 2.73 bits per heavy atom. The minimum Gasteiger partial charge on any atom is -0.493 e. The number of carbonyl (C=O) groups is 1. The Kier molecular flexibility index (Phi) is 7.37. The molecule has 1 N–H and O–H groups in total. The molecular formula is C20H21BrN2O3. The molecule has 0 unspecified atom stereocenters. The highest BCUT2D eigenvalue weighted by Gasteiger charge is 2.11. The maximum atomic E-state index is 12.3. The Bertz CT molecular complexity index is 802. The summed E-state index contributed by atoms with van der Waals surface area (Å²) < 4.78 is 11.7. The van der Waals surface area contributed by atoms with E-state index in [1.54, 1.807) is 25.1 Å². The SMILES string of the molecule is C#CCOc1cc(CNC(=O)N(C)Cc2ccccc2Br)ccc1OC. The average molecular weight is 417 g/mol. The second kappa shape index (κ2) is 9.73. The normalized spacial score (nSPS) is 9.92. The van der Waals surface area contributed by atoms with Crippen molar-refractivity contribution in [3.8, 4) is 23.8 Å². The third kappa shape index (κ3) is 5.43. The van der Waals surface area contributed by atoms with Crippen LogP contribution in [-0.4, -0.2) is 31.7 Å². The molecule has 0 aromatic heterocycles. The molecule has 0 spiro atoms. The molecule has 5 nitrogen and oxygen atoms in total. The fourth-order valence-electron chi connectivity index (χ4n) is 2.33. The number of nitrogens with one attached hydrogen (secondary N) is 1. The first-order valence-corrected chi connectivity index (χ1v) is 8.80. The number of halogens is 1. The number of hydrogen-bond acceptors (Lipinski definition) is 3. The van der Waals surface area contributed by atoms with Gasteiger partial charge in [0.25, 0.3) is 0 Å². The van der Waals surface area contributed by atoms with Crippen LogP contribution in [-0.2, 0) is 13.1 Å². The third-order valence-corrected chi connectivity index (χ3v) is 4.47. The van der Waals surface area contributed by atoms with Crippen LogP contribution < -0.4 is 14.8 Å². The lowest BCUT2D eigenvalue weighted by molar-refractivity contribution is 0.206. The zero-order valence-electron chi connectivity index (χ0n) is 14.8. The van der Waals surface area contributed by atoms with Gasteiger partial charge in [0.15, 0.2) is 11.5 Å². The van der Waals surface area contributed by atoms with E-state index in [9.17, 15) is 4.79 Å². The lowest BCUT2D eigenvalue weighted by Gasteiger charge is -2.19. The van der Waals surface area contributed by atoms with Gasteiger partial charge in [0.2, 0.25) is 0 Å². The quantitative estimate of drug-likeness (QED) is 0.698. The Hall–Kier alpha value is -2.65. The number of terminal acetylenes is 1. The summed E-state index contributed by atoms with van der Waals surface area (Å²) in [6.07, 6.45) is 5.23. The van der Waals surface area contributed by atoms with Crippen molar-refractivity contribution in [1.82, 2.24) is 10.2 Å². The summed E-state index contributed by atoms with van der Waals surface area (Å²) in [5.74, 6) is 3.57. The van der Waals surface area contributed by atoms with Crippen LogP contribution in [0.2, 0.25) is 0 Å². The van der Waals surface area contributed by atoms with Crippen LogP contribution >= 0.6 is 15.9 Å². The monoisotopic (exact) mass is 416 g/mol. The topological polar surface area (TPSA) is 50.8 Å². The Morgan fingerprint density at radius 2 is 2.04 bits per heavy atom. The van der Waals surface area contributed by atoms with E-state index in [4.69, 9.17) is 15.9 Å². The van der Waals surface area contributed by atoms with Crippen molar-refractivity contribution in [3.05, 3.63) is 58.1 Å². The number of rotatable bonds is 7. The van der Waals surface area contributed by atoms with Crippen molar-refractivity contribution in [2.75, 3.05) is 20.8 Å². The van der Waals surface area contributed by atoms with Crippen LogP contribution in [0.15, 0.2) is 46.9 Å². The van der Waals surface area contributed by atoms with E-state index in [2.05, 4.69) is 27.2 Å². The van der Waals surface area contributed by atoms with Crippen LogP contribution in [0.25, 0.3) is 0 Å². The number of methoxy groups -OCH3 is 1. The molecule has 0 aliphatic carbocycles. The maximum Gasteiger partial charge on any atom is 0.317 e. The lowest BCUT2D eigenvalue weighted by Crippen LogP contribution is -2.36. The van der Waals surface area contributed by atoms with Crippen LogP contribution in [0.5, 0.6) is 11.5 Å². The number of ether oxygens (including phenoxy) is 2. The van der Waals surface area contributed by atoms with E-state index >= 15 is 0 Å². The Morgan fingerprint density at radius 1 is 1.27 bits per heavy atom. The van der Waals surface area contributed by atoms with Crippen molar-refractivity contribution < 1.29 is 14.3 Å². The predicted octanol–water partition coefficient (Wildman–Crippen LogP) is 3.81. The molecule has 0 radical (unpaired) electrons. The van der Waals surface area contributed by atoms with Gasteiger partial charge >= 0.3 is 6.03 Å². The molecule has 2 rings (SSSR count). The first-order chi connectivity index (χ1) is 12.5. The van der Waals surface area contributed by atoms with Crippen LogP contribution in [0.4, 0.5) is 4.79 Å². The first kappa shape index (κ1) is 19.7. The zero-order valence-corrected chi connectivity index (χ0v) is 16.4. The highest BCUT2D eigenvalue weighted by Crippen LogP contribution is 2.28. The molecule has 26 heavy (non-hydrogen) atoms. The van der Waals surface area contributed by atoms with Crippen molar-refractivity contribution in [3.63, 3.8) is 0 Å². The summed E-state index contributed by atoms with van der Waals surface area (Å²) in [6, 6.07) is 13.1. The third-order valence-electron chi connectivity index (χ3n) is 3.69. The molecule has 2 aromatic carbocycles. The van der Waals surface area contributed by atoms with Gasteiger partial charge in [-0.25, -0.2) is 4.79 Å². The summed E-state index contributed by atoms with van der Waals surface area (Å²) in [5.41, 5.74) is 1.93. The highest BCUT2D eigenvalue weighted by atomic mass is 79.9.